The van der Waals surface area contributed by atoms with E-state index in [0.717, 1.165) is 83.5 Å². The maximum atomic E-state index is 12.8. The van der Waals surface area contributed by atoms with Crippen molar-refractivity contribution < 1.29 is 28.6 Å². The molecule has 0 N–H and O–H groups in total. The molecule has 0 spiro atoms. The standard InChI is InChI=1S/C65H108O6/c1-4-7-10-13-16-19-22-25-27-29-30-31-32-33-34-36-37-40-43-46-49-52-55-58-64(67)70-61-62(60-69-63(66)57-54-51-48-45-42-39-24-21-18-15-12-9-6-3)71-65(68)59-56-53-50-47-44-41-38-35-28-26-23-20-17-14-11-8-5-2/h8-9,11-12,17-18,20-21,26,28,38-39,41-42,47-48,50-51,62H,4-7,10,13-16,19,22-25,27,29-37,40,43-46,49,52-61H2,1-3H3/b11-8-,12-9-,20-17-,21-18-,28-26-,41-38-,42-39-,50-47-,51-48-. The first kappa shape index (κ1) is 67.1. The summed E-state index contributed by atoms with van der Waals surface area (Å²) in [6.45, 7) is 6.31. The first-order valence-electron chi connectivity index (χ1n) is 29.4. The van der Waals surface area contributed by atoms with E-state index in [2.05, 4.69) is 118 Å². The lowest BCUT2D eigenvalue weighted by atomic mass is 10.0. The molecule has 0 bridgehead atoms. The van der Waals surface area contributed by atoms with Crippen molar-refractivity contribution in [2.24, 2.45) is 0 Å². The van der Waals surface area contributed by atoms with Gasteiger partial charge in [0.15, 0.2) is 6.10 Å². The molecule has 6 heteroatoms. The number of allylic oxidation sites excluding steroid dienone is 18. The van der Waals surface area contributed by atoms with Gasteiger partial charge in [-0.1, -0.05) is 271 Å². The zero-order chi connectivity index (χ0) is 51.4. The average molecular weight is 986 g/mol. The molecule has 6 nitrogen and oxygen atoms in total. The minimum Gasteiger partial charge on any atom is -0.462 e. The van der Waals surface area contributed by atoms with Gasteiger partial charge in [-0.15, -0.1) is 0 Å². The highest BCUT2D eigenvalue weighted by atomic mass is 16.6. The first-order chi connectivity index (χ1) is 35.0. The highest BCUT2D eigenvalue weighted by Crippen LogP contribution is 2.16. The van der Waals surface area contributed by atoms with Crippen LogP contribution < -0.4 is 0 Å². The van der Waals surface area contributed by atoms with Crippen molar-refractivity contribution in [3.05, 3.63) is 109 Å². The second-order valence-electron chi connectivity index (χ2n) is 19.1. The van der Waals surface area contributed by atoms with Crippen molar-refractivity contribution in [2.75, 3.05) is 13.2 Å². The van der Waals surface area contributed by atoms with Gasteiger partial charge < -0.3 is 14.2 Å². The van der Waals surface area contributed by atoms with Gasteiger partial charge in [-0.05, 0) is 83.5 Å². The number of hydrogen-bond donors (Lipinski definition) is 0. The number of esters is 3. The van der Waals surface area contributed by atoms with E-state index >= 15 is 0 Å². The monoisotopic (exact) mass is 985 g/mol. The summed E-state index contributed by atoms with van der Waals surface area (Å²) < 4.78 is 16.7. The van der Waals surface area contributed by atoms with Crippen molar-refractivity contribution in [2.45, 2.75) is 271 Å². The quantitative estimate of drug-likeness (QED) is 0.0261. The van der Waals surface area contributed by atoms with Gasteiger partial charge in [0.1, 0.15) is 13.2 Å². The Balaban J connectivity index is 4.42. The molecule has 0 radical (unpaired) electrons. The third-order valence-electron chi connectivity index (χ3n) is 12.3. The molecule has 0 aliphatic heterocycles. The Bertz CT molecular complexity index is 1460. The van der Waals surface area contributed by atoms with E-state index in [-0.39, 0.29) is 44.0 Å². The molecule has 71 heavy (non-hydrogen) atoms. The lowest BCUT2D eigenvalue weighted by molar-refractivity contribution is -0.166. The lowest BCUT2D eigenvalue weighted by Crippen LogP contribution is -2.30. The fourth-order valence-corrected chi connectivity index (χ4v) is 7.96. The van der Waals surface area contributed by atoms with E-state index in [1.54, 1.807) is 0 Å². The van der Waals surface area contributed by atoms with Gasteiger partial charge in [0.05, 0.1) is 0 Å². The summed E-state index contributed by atoms with van der Waals surface area (Å²) in [5.74, 6) is -1.06. The number of unbranched alkanes of at least 4 members (excludes halogenated alkanes) is 23. The van der Waals surface area contributed by atoms with E-state index in [9.17, 15) is 14.4 Å². The summed E-state index contributed by atoms with van der Waals surface area (Å²) in [4.78, 5) is 38.1. The lowest BCUT2D eigenvalue weighted by Gasteiger charge is -2.18. The van der Waals surface area contributed by atoms with Crippen LogP contribution in [-0.4, -0.2) is 37.2 Å². The Morgan fingerprint density at radius 3 is 0.930 bits per heavy atom. The minimum absolute atomic E-state index is 0.122. The molecule has 0 aromatic rings. The number of carbonyl (C=O) groups excluding carboxylic acids is 3. The summed E-state index contributed by atoms with van der Waals surface area (Å²) in [5.41, 5.74) is 0. The molecular weight excluding hydrogens is 877 g/mol. The van der Waals surface area contributed by atoms with Gasteiger partial charge in [0, 0.05) is 19.3 Å². The molecule has 0 aliphatic carbocycles. The van der Waals surface area contributed by atoms with Crippen LogP contribution in [0.4, 0.5) is 0 Å². The topological polar surface area (TPSA) is 78.9 Å². The minimum atomic E-state index is -0.837. The number of ether oxygens (including phenoxy) is 3. The highest BCUT2D eigenvalue weighted by molar-refractivity contribution is 5.71. The molecule has 404 valence electrons. The summed E-state index contributed by atoms with van der Waals surface area (Å²) in [7, 11) is 0. The van der Waals surface area contributed by atoms with Crippen LogP contribution in [0.3, 0.4) is 0 Å². The molecule has 0 saturated carbocycles. The fourth-order valence-electron chi connectivity index (χ4n) is 7.96. The maximum Gasteiger partial charge on any atom is 0.306 e. The summed E-state index contributed by atoms with van der Waals surface area (Å²) in [6, 6.07) is 0. The zero-order valence-corrected chi connectivity index (χ0v) is 46.2. The fraction of sp³-hybridized carbons (Fsp3) is 0.677. The molecule has 0 saturated heterocycles. The summed E-state index contributed by atoms with van der Waals surface area (Å²) in [6.07, 6.45) is 79.8. The van der Waals surface area contributed by atoms with E-state index in [1.165, 1.54) is 128 Å². The molecule has 0 fully saturated rings. The van der Waals surface area contributed by atoms with Gasteiger partial charge in [-0.3, -0.25) is 14.4 Å². The Hall–Kier alpha value is -3.93. The van der Waals surface area contributed by atoms with Gasteiger partial charge in [0.25, 0.3) is 0 Å². The van der Waals surface area contributed by atoms with Crippen LogP contribution in [0.25, 0.3) is 0 Å². The molecule has 0 amide bonds. The van der Waals surface area contributed by atoms with Crippen LogP contribution in [0.2, 0.25) is 0 Å². The third kappa shape index (κ3) is 56.9. The summed E-state index contributed by atoms with van der Waals surface area (Å²) >= 11 is 0. The van der Waals surface area contributed by atoms with Gasteiger partial charge in [-0.2, -0.15) is 0 Å². The Morgan fingerprint density at radius 1 is 0.296 bits per heavy atom. The largest absolute Gasteiger partial charge is 0.462 e. The van der Waals surface area contributed by atoms with E-state index in [0.29, 0.717) is 19.3 Å². The van der Waals surface area contributed by atoms with Crippen molar-refractivity contribution in [3.8, 4) is 0 Å². The smallest absolute Gasteiger partial charge is 0.306 e. The van der Waals surface area contributed by atoms with Crippen LogP contribution in [0.15, 0.2) is 109 Å². The molecule has 1 unspecified atom stereocenters. The van der Waals surface area contributed by atoms with Crippen LogP contribution in [0.5, 0.6) is 0 Å². The van der Waals surface area contributed by atoms with E-state index < -0.39 is 6.10 Å². The second-order valence-corrected chi connectivity index (χ2v) is 19.1. The normalized spacial score (nSPS) is 12.9. The van der Waals surface area contributed by atoms with E-state index in [1.807, 2.05) is 12.2 Å². The number of hydrogen-bond acceptors (Lipinski definition) is 6. The number of carbonyl (C=O) groups is 3. The Kier molecular flexibility index (Phi) is 55.4. The number of rotatable bonds is 52. The van der Waals surface area contributed by atoms with Crippen LogP contribution in [-0.2, 0) is 28.6 Å². The maximum absolute atomic E-state index is 12.8. The molecule has 0 aliphatic rings. The molecule has 0 heterocycles. The first-order valence-corrected chi connectivity index (χ1v) is 29.4. The van der Waals surface area contributed by atoms with Gasteiger partial charge >= 0.3 is 17.9 Å². The SMILES string of the molecule is CC/C=C\C/C=C\C/C=C\C/C=C\C/C=C\CCCC(=O)OC(COC(=O)CC/C=C\C/C=C\C/C=C\C/C=C\CC)COC(=O)CCCCCCCCCCCCCCCCCCCCCCCCC. The third-order valence-corrected chi connectivity index (χ3v) is 12.3. The predicted octanol–water partition coefficient (Wildman–Crippen LogP) is 19.9. The van der Waals surface area contributed by atoms with Crippen molar-refractivity contribution in [1.82, 2.24) is 0 Å². The van der Waals surface area contributed by atoms with Crippen molar-refractivity contribution in [1.29, 1.82) is 0 Å². The van der Waals surface area contributed by atoms with Crippen molar-refractivity contribution in [3.63, 3.8) is 0 Å². The molecule has 0 aromatic heterocycles. The van der Waals surface area contributed by atoms with Crippen LogP contribution >= 0.6 is 0 Å². The van der Waals surface area contributed by atoms with Crippen LogP contribution in [0.1, 0.15) is 265 Å². The predicted molar refractivity (Wildman–Crippen MR) is 307 cm³/mol. The molecule has 1 atom stereocenters. The highest BCUT2D eigenvalue weighted by Gasteiger charge is 2.19. The Morgan fingerprint density at radius 2 is 0.577 bits per heavy atom. The van der Waals surface area contributed by atoms with Crippen molar-refractivity contribution >= 4 is 17.9 Å². The Labute approximate surface area is 438 Å². The molecular formula is C65H108O6. The van der Waals surface area contributed by atoms with Crippen LogP contribution in [0, 0.1) is 0 Å². The van der Waals surface area contributed by atoms with E-state index in [4.69, 9.17) is 14.2 Å². The molecule has 0 aromatic carbocycles. The van der Waals surface area contributed by atoms with Gasteiger partial charge in [0.2, 0.25) is 0 Å². The average Bonchev–Trinajstić information content (AvgIpc) is 3.37. The van der Waals surface area contributed by atoms with Gasteiger partial charge in [-0.25, -0.2) is 0 Å². The zero-order valence-electron chi connectivity index (χ0n) is 46.2. The molecule has 0 rings (SSSR count). The second kappa shape index (κ2) is 58.6. The summed E-state index contributed by atoms with van der Waals surface area (Å²) in [5, 5.41) is 0.